The number of hydrogen-bond acceptors (Lipinski definition) is 6. The highest BCUT2D eigenvalue weighted by molar-refractivity contribution is 9.10. The molecule has 0 spiro atoms. The molecule has 0 N–H and O–H groups in total. The fourth-order valence-electron chi connectivity index (χ4n) is 3.55. The number of anilines is 1. The predicted octanol–water partition coefficient (Wildman–Crippen LogP) is 4.18. The number of fused-ring (bicyclic) bond motifs is 1. The minimum Gasteiger partial charge on any atom is -0.460 e. The first kappa shape index (κ1) is 22.2. The van der Waals surface area contributed by atoms with E-state index in [0.717, 1.165) is 55.8 Å². The third-order valence-corrected chi connectivity index (χ3v) is 6.23. The molecule has 2 aliphatic heterocycles. The van der Waals surface area contributed by atoms with Gasteiger partial charge in [0.2, 0.25) is 0 Å². The van der Waals surface area contributed by atoms with Crippen LogP contribution in [0.15, 0.2) is 10.5 Å². The van der Waals surface area contributed by atoms with Crippen LogP contribution in [-0.2, 0) is 4.74 Å². The average Bonchev–Trinajstić information content (AvgIpc) is 2.75. The molecule has 8 heteroatoms. The van der Waals surface area contributed by atoms with Crippen LogP contribution < -0.4 is 9.64 Å². The standard InChI is InChI=1S/C19H24BrFN4O2.C2H6/c1-12-11-14-17(16(21)15(12)20)22-19(27-13-3-9-26-10-4-13)23-18(14)25-7-5-24(2)6-8-25;1-2/h11,13H,3-10H2,1-2H3;1-2H3. The second-order valence-corrected chi connectivity index (χ2v) is 8.06. The molecule has 4 rings (SSSR count). The van der Waals surface area contributed by atoms with Gasteiger partial charge in [0, 0.05) is 44.4 Å². The van der Waals surface area contributed by atoms with E-state index in [1.54, 1.807) is 0 Å². The summed E-state index contributed by atoms with van der Waals surface area (Å²) in [4.78, 5) is 13.6. The molecule has 29 heavy (non-hydrogen) atoms. The molecule has 1 aromatic heterocycles. The summed E-state index contributed by atoms with van der Waals surface area (Å²) < 4.78 is 26.8. The van der Waals surface area contributed by atoms with Crippen LogP contribution in [0.1, 0.15) is 32.3 Å². The third-order valence-electron chi connectivity index (χ3n) is 5.26. The Bertz CT molecular complexity index is 837. The molecule has 3 heterocycles. The second kappa shape index (κ2) is 10.00. The van der Waals surface area contributed by atoms with Crippen molar-refractivity contribution in [3.05, 3.63) is 21.9 Å². The van der Waals surface area contributed by atoms with Gasteiger partial charge in [-0.15, -0.1) is 0 Å². The fourth-order valence-corrected chi connectivity index (χ4v) is 3.85. The third kappa shape index (κ3) is 4.98. The molecular formula is C21H30BrFN4O2. The van der Waals surface area contributed by atoms with Crippen molar-refractivity contribution < 1.29 is 13.9 Å². The first-order chi connectivity index (χ1) is 14.0. The molecular weight excluding hydrogens is 439 g/mol. The van der Waals surface area contributed by atoms with Gasteiger partial charge in [-0.3, -0.25) is 0 Å². The zero-order chi connectivity index (χ0) is 21.0. The zero-order valence-electron chi connectivity index (χ0n) is 17.7. The number of hydrogen-bond donors (Lipinski definition) is 0. The SMILES string of the molecule is CC.Cc1cc2c(N3CCN(C)CC3)nc(OC3CCOCC3)nc2c(F)c1Br. The van der Waals surface area contributed by atoms with E-state index >= 15 is 0 Å². The van der Waals surface area contributed by atoms with Gasteiger partial charge >= 0.3 is 6.01 Å². The van der Waals surface area contributed by atoms with Crippen molar-refractivity contribution in [2.75, 3.05) is 51.3 Å². The number of aromatic nitrogens is 2. The molecule has 160 valence electrons. The number of halogens is 2. The van der Waals surface area contributed by atoms with Gasteiger partial charge in [0.05, 0.1) is 17.7 Å². The number of piperazine rings is 1. The zero-order valence-corrected chi connectivity index (χ0v) is 19.3. The largest absolute Gasteiger partial charge is 0.460 e. The van der Waals surface area contributed by atoms with E-state index in [9.17, 15) is 4.39 Å². The maximum atomic E-state index is 15.0. The number of benzene rings is 1. The van der Waals surface area contributed by atoms with Crippen molar-refractivity contribution in [1.82, 2.24) is 14.9 Å². The fraction of sp³-hybridized carbons (Fsp3) is 0.619. The normalized spacial score (nSPS) is 18.5. The molecule has 6 nitrogen and oxygen atoms in total. The van der Waals surface area contributed by atoms with Crippen LogP contribution in [0.5, 0.6) is 6.01 Å². The molecule has 2 fully saturated rings. The molecule has 0 bridgehead atoms. The molecule has 1 aromatic carbocycles. The predicted molar refractivity (Wildman–Crippen MR) is 117 cm³/mol. The van der Waals surface area contributed by atoms with Gasteiger partial charge in [-0.1, -0.05) is 13.8 Å². The number of ether oxygens (including phenoxy) is 2. The summed E-state index contributed by atoms with van der Waals surface area (Å²) in [5.74, 6) is 0.393. The Hall–Kier alpha value is -1.51. The van der Waals surface area contributed by atoms with Crippen LogP contribution in [0, 0.1) is 12.7 Å². The molecule has 0 aliphatic carbocycles. The summed E-state index contributed by atoms with van der Waals surface area (Å²) in [5, 5.41) is 0.733. The Morgan fingerprint density at radius 1 is 1.14 bits per heavy atom. The Kier molecular flexibility index (Phi) is 7.65. The van der Waals surface area contributed by atoms with E-state index in [-0.39, 0.29) is 17.9 Å². The Labute approximate surface area is 180 Å². The van der Waals surface area contributed by atoms with Crippen LogP contribution in [-0.4, -0.2) is 67.4 Å². The van der Waals surface area contributed by atoms with E-state index in [4.69, 9.17) is 14.5 Å². The lowest BCUT2D eigenvalue weighted by molar-refractivity contribution is 0.0219. The lowest BCUT2D eigenvalue weighted by Gasteiger charge is -2.34. The summed E-state index contributed by atoms with van der Waals surface area (Å²) in [6, 6.07) is 2.20. The van der Waals surface area contributed by atoms with Gasteiger partial charge in [0.25, 0.3) is 0 Å². The van der Waals surface area contributed by atoms with Gasteiger partial charge in [-0.05, 0) is 41.5 Å². The summed E-state index contributed by atoms with van der Waals surface area (Å²) in [6.07, 6.45) is 1.60. The maximum Gasteiger partial charge on any atom is 0.319 e. The van der Waals surface area contributed by atoms with E-state index in [0.29, 0.717) is 23.2 Å². The highest BCUT2D eigenvalue weighted by Crippen LogP contribution is 2.34. The van der Waals surface area contributed by atoms with Gasteiger partial charge < -0.3 is 19.3 Å². The smallest absolute Gasteiger partial charge is 0.319 e. The van der Waals surface area contributed by atoms with E-state index < -0.39 is 0 Å². The Morgan fingerprint density at radius 2 is 1.79 bits per heavy atom. The highest BCUT2D eigenvalue weighted by atomic mass is 79.9. The molecule has 0 atom stereocenters. The topological polar surface area (TPSA) is 50.7 Å². The van der Waals surface area contributed by atoms with Crippen LogP contribution in [0.4, 0.5) is 10.2 Å². The minimum atomic E-state index is -0.361. The molecule has 2 aliphatic rings. The van der Waals surface area contributed by atoms with E-state index in [2.05, 4.69) is 37.8 Å². The van der Waals surface area contributed by atoms with Gasteiger partial charge in [0.1, 0.15) is 17.4 Å². The monoisotopic (exact) mass is 468 g/mol. The molecule has 0 radical (unpaired) electrons. The molecule has 2 aromatic rings. The van der Waals surface area contributed by atoms with Crippen molar-refractivity contribution >= 4 is 32.7 Å². The van der Waals surface area contributed by atoms with E-state index in [1.807, 2.05) is 26.8 Å². The maximum absolute atomic E-state index is 15.0. The van der Waals surface area contributed by atoms with Gasteiger partial charge in [-0.25, -0.2) is 4.39 Å². The van der Waals surface area contributed by atoms with Crippen molar-refractivity contribution in [2.45, 2.75) is 39.7 Å². The van der Waals surface area contributed by atoms with Crippen molar-refractivity contribution in [3.8, 4) is 6.01 Å². The Balaban J connectivity index is 0.00000117. The lowest BCUT2D eigenvalue weighted by Crippen LogP contribution is -2.45. The molecule has 0 saturated carbocycles. The number of aryl methyl sites for hydroxylation is 1. The minimum absolute atomic E-state index is 0.00786. The Morgan fingerprint density at radius 3 is 2.45 bits per heavy atom. The summed E-state index contributed by atoms with van der Waals surface area (Å²) in [7, 11) is 2.11. The summed E-state index contributed by atoms with van der Waals surface area (Å²) in [5.41, 5.74) is 1.13. The summed E-state index contributed by atoms with van der Waals surface area (Å²) >= 11 is 3.34. The molecule has 0 amide bonds. The van der Waals surface area contributed by atoms with Crippen molar-refractivity contribution in [3.63, 3.8) is 0 Å². The van der Waals surface area contributed by atoms with Gasteiger partial charge in [-0.2, -0.15) is 9.97 Å². The second-order valence-electron chi connectivity index (χ2n) is 7.27. The highest BCUT2D eigenvalue weighted by Gasteiger charge is 2.24. The van der Waals surface area contributed by atoms with Gasteiger partial charge in [0.15, 0.2) is 5.82 Å². The number of likely N-dealkylation sites (N-methyl/N-ethyl adjacent to an activating group) is 1. The lowest BCUT2D eigenvalue weighted by atomic mass is 10.1. The first-order valence-electron chi connectivity index (χ1n) is 10.4. The quantitative estimate of drug-likeness (QED) is 0.673. The first-order valence-corrected chi connectivity index (χ1v) is 11.2. The van der Waals surface area contributed by atoms with Crippen molar-refractivity contribution in [1.29, 1.82) is 0 Å². The van der Waals surface area contributed by atoms with Crippen molar-refractivity contribution in [2.24, 2.45) is 0 Å². The van der Waals surface area contributed by atoms with E-state index in [1.165, 1.54) is 0 Å². The average molecular weight is 469 g/mol. The molecule has 0 unspecified atom stereocenters. The molecule has 2 saturated heterocycles. The van der Waals surface area contributed by atoms with Crippen LogP contribution in [0.25, 0.3) is 10.9 Å². The van der Waals surface area contributed by atoms with Crippen LogP contribution in [0.3, 0.4) is 0 Å². The van der Waals surface area contributed by atoms with Crippen LogP contribution >= 0.6 is 15.9 Å². The van der Waals surface area contributed by atoms with Crippen LogP contribution in [0.2, 0.25) is 0 Å². The summed E-state index contributed by atoms with van der Waals surface area (Å²) in [6.45, 7) is 10.8. The number of rotatable bonds is 3. The number of nitrogens with zero attached hydrogens (tertiary/aromatic N) is 4.